The predicted molar refractivity (Wildman–Crippen MR) is 116 cm³/mol. The van der Waals surface area contributed by atoms with Crippen molar-refractivity contribution in [3.63, 3.8) is 0 Å². The summed E-state index contributed by atoms with van der Waals surface area (Å²) in [4.78, 5) is 12.6. The minimum absolute atomic E-state index is 0.344. The zero-order valence-electron chi connectivity index (χ0n) is 16.2. The zero-order chi connectivity index (χ0) is 20.2. The third-order valence-corrected chi connectivity index (χ3v) is 4.79. The number of carbonyl (C=O) groups excluding carboxylic acids is 1. The molecule has 4 aromatic rings. The van der Waals surface area contributed by atoms with Crippen LogP contribution in [0.5, 0.6) is 11.5 Å². The van der Waals surface area contributed by atoms with E-state index in [1.54, 1.807) is 38.6 Å². The number of hydrogen-bond donors (Lipinski definition) is 1. The van der Waals surface area contributed by atoms with Gasteiger partial charge in [0.25, 0.3) is 5.91 Å². The highest BCUT2D eigenvalue weighted by Crippen LogP contribution is 2.27. The van der Waals surface area contributed by atoms with E-state index in [-0.39, 0.29) is 5.91 Å². The average molecular weight is 384 g/mol. The van der Waals surface area contributed by atoms with Crippen LogP contribution >= 0.6 is 0 Å². The van der Waals surface area contributed by atoms with Crippen LogP contribution < -0.4 is 14.9 Å². The first kappa shape index (κ1) is 18.5. The van der Waals surface area contributed by atoms with Crippen LogP contribution in [0.25, 0.3) is 21.5 Å². The van der Waals surface area contributed by atoms with E-state index in [0.29, 0.717) is 17.1 Å². The first-order chi connectivity index (χ1) is 14.2. The standard InChI is InChI=1S/C24H20N2O3/c1-28-19-12-18(13-20(14-19)29-2)24(27)26-25-15-23-21-9-5-3-7-16(21)11-17-8-4-6-10-22(17)23/h3-15H,1-2H3,(H,26,27)/b25-15-. The maximum Gasteiger partial charge on any atom is 0.271 e. The molecule has 0 saturated carbocycles. The SMILES string of the molecule is COc1cc(OC)cc(C(=O)N/N=C\c2c3ccccc3cc3ccccc23)c1. The number of methoxy groups -OCH3 is 2. The van der Waals surface area contributed by atoms with Gasteiger partial charge in [-0.2, -0.15) is 5.10 Å². The smallest absolute Gasteiger partial charge is 0.271 e. The Morgan fingerprint density at radius 1 is 0.828 bits per heavy atom. The van der Waals surface area contributed by atoms with Gasteiger partial charge in [-0.1, -0.05) is 48.5 Å². The molecule has 4 rings (SSSR count). The fraction of sp³-hybridized carbons (Fsp3) is 0.0833. The Morgan fingerprint density at radius 2 is 1.38 bits per heavy atom. The number of carbonyl (C=O) groups is 1. The number of hydrogen-bond acceptors (Lipinski definition) is 4. The molecule has 0 aromatic heterocycles. The maximum absolute atomic E-state index is 12.6. The van der Waals surface area contributed by atoms with Crippen molar-refractivity contribution in [3.8, 4) is 11.5 Å². The second kappa shape index (κ2) is 8.02. The lowest BCUT2D eigenvalue weighted by Gasteiger charge is -2.09. The number of benzene rings is 4. The molecule has 0 bridgehead atoms. The van der Waals surface area contributed by atoms with E-state index in [0.717, 1.165) is 27.1 Å². The summed E-state index contributed by atoms with van der Waals surface area (Å²) in [5, 5.41) is 8.62. The van der Waals surface area contributed by atoms with Gasteiger partial charge in [-0.05, 0) is 39.7 Å². The van der Waals surface area contributed by atoms with Crippen molar-refractivity contribution < 1.29 is 14.3 Å². The molecule has 144 valence electrons. The van der Waals surface area contributed by atoms with Crippen LogP contribution in [0.2, 0.25) is 0 Å². The number of fused-ring (bicyclic) bond motifs is 2. The van der Waals surface area contributed by atoms with Crippen LogP contribution in [0.1, 0.15) is 15.9 Å². The lowest BCUT2D eigenvalue weighted by Crippen LogP contribution is -2.17. The second-order valence-electron chi connectivity index (χ2n) is 6.53. The number of hydrazone groups is 1. The Morgan fingerprint density at radius 3 is 1.93 bits per heavy atom. The fourth-order valence-corrected chi connectivity index (χ4v) is 3.35. The Kier molecular flexibility index (Phi) is 5.12. The van der Waals surface area contributed by atoms with Crippen LogP contribution in [0.15, 0.2) is 77.9 Å². The quantitative estimate of drug-likeness (QED) is 0.306. The molecule has 0 unspecified atom stereocenters. The molecule has 0 saturated heterocycles. The van der Waals surface area contributed by atoms with E-state index < -0.39 is 0 Å². The van der Waals surface area contributed by atoms with Gasteiger partial charge >= 0.3 is 0 Å². The summed E-state index contributed by atoms with van der Waals surface area (Å²) in [6, 6.07) is 23.4. The first-order valence-electron chi connectivity index (χ1n) is 9.16. The van der Waals surface area contributed by atoms with Crippen molar-refractivity contribution in [3.05, 3.63) is 83.9 Å². The molecule has 1 N–H and O–H groups in total. The van der Waals surface area contributed by atoms with Crippen LogP contribution in [0, 0.1) is 0 Å². The molecule has 0 radical (unpaired) electrons. The summed E-state index contributed by atoms with van der Waals surface area (Å²) >= 11 is 0. The summed E-state index contributed by atoms with van der Waals surface area (Å²) in [6.07, 6.45) is 1.69. The normalized spacial score (nSPS) is 11.1. The van der Waals surface area contributed by atoms with E-state index in [9.17, 15) is 4.79 Å². The molecule has 0 heterocycles. The van der Waals surface area contributed by atoms with Gasteiger partial charge in [-0.25, -0.2) is 5.43 Å². The Labute approximate surface area is 168 Å². The lowest BCUT2D eigenvalue weighted by molar-refractivity contribution is 0.0954. The van der Waals surface area contributed by atoms with Crippen molar-refractivity contribution in [2.45, 2.75) is 0 Å². The van der Waals surface area contributed by atoms with Gasteiger partial charge in [0, 0.05) is 17.2 Å². The van der Waals surface area contributed by atoms with E-state index in [4.69, 9.17) is 9.47 Å². The summed E-state index contributed by atoms with van der Waals surface area (Å²) in [6.45, 7) is 0. The monoisotopic (exact) mass is 384 g/mol. The molecule has 0 fully saturated rings. The third kappa shape index (κ3) is 3.75. The molecule has 0 aliphatic rings. The molecule has 5 nitrogen and oxygen atoms in total. The van der Waals surface area contributed by atoms with E-state index >= 15 is 0 Å². The van der Waals surface area contributed by atoms with Crippen molar-refractivity contribution in [2.24, 2.45) is 5.10 Å². The molecule has 5 heteroatoms. The second-order valence-corrected chi connectivity index (χ2v) is 6.53. The van der Waals surface area contributed by atoms with Gasteiger partial charge in [0.2, 0.25) is 0 Å². The van der Waals surface area contributed by atoms with Gasteiger partial charge < -0.3 is 9.47 Å². The van der Waals surface area contributed by atoms with Gasteiger partial charge in [0.05, 0.1) is 20.4 Å². The molecule has 0 aliphatic carbocycles. The summed E-state index contributed by atoms with van der Waals surface area (Å²) in [5.41, 5.74) is 3.96. The predicted octanol–water partition coefficient (Wildman–Crippen LogP) is 4.77. The number of ether oxygens (including phenoxy) is 2. The molecular weight excluding hydrogens is 364 g/mol. The highest BCUT2D eigenvalue weighted by molar-refractivity contribution is 6.13. The summed E-state index contributed by atoms with van der Waals surface area (Å²) < 4.78 is 10.4. The van der Waals surface area contributed by atoms with E-state index in [1.165, 1.54) is 0 Å². The Hall–Kier alpha value is -3.86. The number of rotatable bonds is 5. The van der Waals surface area contributed by atoms with Crippen LogP contribution in [0.4, 0.5) is 0 Å². The Balaban J connectivity index is 1.67. The van der Waals surface area contributed by atoms with Crippen molar-refractivity contribution in [1.29, 1.82) is 0 Å². The highest BCUT2D eigenvalue weighted by atomic mass is 16.5. The van der Waals surface area contributed by atoms with Crippen molar-refractivity contribution in [2.75, 3.05) is 14.2 Å². The number of amides is 1. The average Bonchev–Trinajstić information content (AvgIpc) is 2.78. The van der Waals surface area contributed by atoms with Crippen LogP contribution in [-0.2, 0) is 0 Å². The number of nitrogens with one attached hydrogen (secondary N) is 1. The minimum Gasteiger partial charge on any atom is -0.497 e. The number of nitrogens with zero attached hydrogens (tertiary/aromatic N) is 1. The maximum atomic E-state index is 12.6. The van der Waals surface area contributed by atoms with Gasteiger partial charge in [0.15, 0.2) is 0 Å². The molecule has 4 aromatic carbocycles. The molecule has 0 aliphatic heterocycles. The third-order valence-electron chi connectivity index (χ3n) is 4.79. The van der Waals surface area contributed by atoms with Crippen LogP contribution in [0.3, 0.4) is 0 Å². The van der Waals surface area contributed by atoms with E-state index in [1.807, 2.05) is 24.3 Å². The van der Waals surface area contributed by atoms with E-state index in [2.05, 4.69) is 40.9 Å². The van der Waals surface area contributed by atoms with Crippen molar-refractivity contribution >= 4 is 33.7 Å². The van der Waals surface area contributed by atoms with Gasteiger partial charge in [0.1, 0.15) is 11.5 Å². The topological polar surface area (TPSA) is 59.9 Å². The summed E-state index contributed by atoms with van der Waals surface area (Å²) in [7, 11) is 3.08. The molecular formula is C24H20N2O3. The molecule has 0 atom stereocenters. The largest absolute Gasteiger partial charge is 0.497 e. The fourth-order valence-electron chi connectivity index (χ4n) is 3.35. The van der Waals surface area contributed by atoms with Crippen molar-refractivity contribution in [1.82, 2.24) is 5.43 Å². The molecule has 29 heavy (non-hydrogen) atoms. The zero-order valence-corrected chi connectivity index (χ0v) is 16.2. The molecule has 0 spiro atoms. The first-order valence-corrected chi connectivity index (χ1v) is 9.16. The molecule has 1 amide bonds. The summed E-state index contributed by atoms with van der Waals surface area (Å²) in [5.74, 6) is 0.736. The van der Waals surface area contributed by atoms with Crippen LogP contribution in [-0.4, -0.2) is 26.3 Å². The van der Waals surface area contributed by atoms with Gasteiger partial charge in [-0.15, -0.1) is 0 Å². The minimum atomic E-state index is -0.344. The highest BCUT2D eigenvalue weighted by Gasteiger charge is 2.10. The van der Waals surface area contributed by atoms with Gasteiger partial charge in [-0.3, -0.25) is 4.79 Å². The lowest BCUT2D eigenvalue weighted by atomic mass is 9.97. The Bertz CT molecular complexity index is 1160.